The average molecular weight is 547 g/mol. The van der Waals surface area contributed by atoms with Crippen LogP contribution in [0.5, 0.6) is 0 Å². The van der Waals surface area contributed by atoms with E-state index in [0.29, 0.717) is 4.58 Å². The molecule has 1 atom stereocenters. The molecule has 11 heteroatoms. The van der Waals surface area contributed by atoms with E-state index < -0.39 is 118 Å². The molecule has 1 spiro atoms. The zero-order chi connectivity index (χ0) is 39.6. The number of carbonyl (C=O) groups is 3. The average Bonchev–Trinajstić information content (AvgIpc) is 3.30. The van der Waals surface area contributed by atoms with E-state index in [0.717, 1.165) is 12.1 Å². The number of halogens is 3. The standard InChI is InChI=1S/C26H27ClF2N4O4/c1-25(2,3)33-22(16-5-7-17(27)8-6-16)23(35)32(26(33)11-4-12-31(15-26)24(36)37)14-21(34)30-18-9-10-19(28)20(29)13-18/h5-10,13H,4,11-12,14-15H2,1-3H3,(H-,30,34,36,37)/i4D2,9D,10D,11D2,12D2,13D,14D2,15D2/hD. The minimum Gasteiger partial charge on any atom is -0.530 e. The first-order valence-corrected chi connectivity index (χ1v) is 10.8. The predicted octanol–water partition coefficient (Wildman–Crippen LogP) is 2.83. The number of hydrogen-bond acceptors (Lipinski definition) is 4. The summed E-state index contributed by atoms with van der Waals surface area (Å²) in [5, 5.41) is 11.9. The number of amides is 3. The van der Waals surface area contributed by atoms with E-state index in [4.69, 9.17) is 30.8 Å². The third kappa shape index (κ3) is 5.02. The van der Waals surface area contributed by atoms with Gasteiger partial charge in [-0.15, -0.1) is 0 Å². The third-order valence-electron chi connectivity index (χ3n) is 5.05. The molecule has 37 heavy (non-hydrogen) atoms. The molecule has 1 unspecified atom stereocenters. The molecule has 2 aliphatic rings. The van der Waals surface area contributed by atoms with Gasteiger partial charge in [0, 0.05) is 37.8 Å². The van der Waals surface area contributed by atoms with Crippen LogP contribution in [0, 0.1) is 11.6 Å². The van der Waals surface area contributed by atoms with Gasteiger partial charge in [-0.2, -0.15) is 4.58 Å². The van der Waals surface area contributed by atoms with Crippen molar-refractivity contribution in [2.24, 2.45) is 0 Å². The largest absolute Gasteiger partial charge is 0.530 e. The summed E-state index contributed by atoms with van der Waals surface area (Å²) in [7, 11) is 0. The quantitative estimate of drug-likeness (QED) is 0.597. The first-order valence-electron chi connectivity index (χ1n) is 17.4. The fourth-order valence-electron chi connectivity index (χ4n) is 3.75. The summed E-state index contributed by atoms with van der Waals surface area (Å²) in [6.45, 7) is -9.39. The van der Waals surface area contributed by atoms with E-state index >= 15 is 0 Å². The number of nitrogens with one attached hydrogen (secondary N) is 1. The molecule has 1 fully saturated rings. The van der Waals surface area contributed by atoms with Crippen LogP contribution in [0.15, 0.2) is 42.4 Å². The maximum absolute atomic E-state index is 14.7. The summed E-state index contributed by atoms with van der Waals surface area (Å²) in [5.74, 6) is -8.50. The SMILES string of the molecule is [2H]c1c([2H])c(N([2H])C(=O)C([2H])([2H])N2C(=O)C(c3ccc(Cl)cc3)=[N+](C(C)(C)C)C23C([2H])([2H])N(C(=O)[O-])C([2H])([2H])C([2H])([2H])C3([2H])[2H])c([2H])c(F)c1F. The van der Waals surface area contributed by atoms with Gasteiger partial charge in [-0.25, -0.2) is 8.78 Å². The normalized spacial score (nSPS) is 31.5. The first kappa shape index (κ1) is 13.9. The monoisotopic (exact) mass is 546 g/mol. The Morgan fingerprint density at radius 3 is 2.59 bits per heavy atom. The lowest BCUT2D eigenvalue weighted by Gasteiger charge is -2.45. The highest BCUT2D eigenvalue weighted by Crippen LogP contribution is 2.39. The second kappa shape index (κ2) is 9.74. The van der Waals surface area contributed by atoms with Gasteiger partial charge in [-0.1, -0.05) is 11.6 Å². The molecule has 0 radical (unpaired) electrons. The molecule has 0 saturated carbocycles. The fraction of sp³-hybridized carbons (Fsp3) is 0.385. The Bertz CT molecular complexity index is 1880. The molecule has 0 bridgehead atoms. The topological polar surface area (TPSA) is 95.8 Å². The molecular formula is C26H27ClF2N4O4. The predicted molar refractivity (Wildman–Crippen MR) is 131 cm³/mol. The number of anilines is 1. The Hall–Kier alpha value is -3.53. The maximum atomic E-state index is 14.7. The van der Waals surface area contributed by atoms with Crippen LogP contribution in [0.2, 0.25) is 6.43 Å². The van der Waals surface area contributed by atoms with Crippen molar-refractivity contribution in [3.05, 3.63) is 64.6 Å². The van der Waals surface area contributed by atoms with Crippen LogP contribution in [0.25, 0.3) is 0 Å². The van der Waals surface area contributed by atoms with Gasteiger partial charge in [-0.3, -0.25) is 14.5 Å². The van der Waals surface area contributed by atoms with Crippen molar-refractivity contribution in [1.29, 1.82) is 0 Å². The second-order valence-corrected chi connectivity index (χ2v) is 9.07. The van der Waals surface area contributed by atoms with Crippen molar-refractivity contribution < 1.29 is 52.1 Å². The third-order valence-corrected chi connectivity index (χ3v) is 5.30. The highest BCUT2D eigenvalue weighted by Gasteiger charge is 2.63. The molecule has 3 amide bonds. The summed E-state index contributed by atoms with van der Waals surface area (Å²) in [4.78, 5) is 39.9. The molecule has 2 aliphatic heterocycles. The van der Waals surface area contributed by atoms with Gasteiger partial charge in [0.2, 0.25) is 5.91 Å². The summed E-state index contributed by atoms with van der Waals surface area (Å²) >= 11 is 6.00. The fourth-order valence-corrected chi connectivity index (χ4v) is 3.87. The number of piperidine rings is 1. The summed E-state index contributed by atoms with van der Waals surface area (Å²) in [6, 6.07) is -0.225. The van der Waals surface area contributed by atoms with E-state index in [1.54, 1.807) is 0 Å². The molecule has 0 aromatic heterocycles. The molecule has 8 nitrogen and oxygen atoms in total. The zero-order valence-corrected chi connectivity index (χ0v) is 20.1. The summed E-state index contributed by atoms with van der Waals surface area (Å²) in [5.41, 5.74) is -8.81. The van der Waals surface area contributed by atoms with Crippen LogP contribution >= 0.6 is 11.6 Å². The summed E-state index contributed by atoms with van der Waals surface area (Å²) in [6.07, 6.45) is -11.4. The highest BCUT2D eigenvalue weighted by atomic mass is 35.5. The maximum Gasteiger partial charge on any atom is 0.324 e. The van der Waals surface area contributed by atoms with Gasteiger partial charge in [0.1, 0.15) is 19.1 Å². The van der Waals surface area contributed by atoms with Crippen molar-refractivity contribution >= 4 is 40.9 Å². The molecule has 4 rings (SSSR count). The lowest BCUT2D eigenvalue weighted by Crippen LogP contribution is -2.67. The second-order valence-electron chi connectivity index (χ2n) is 8.63. The minimum absolute atomic E-state index is 0.0581. The lowest BCUT2D eigenvalue weighted by molar-refractivity contribution is -0.681. The molecule has 196 valence electrons. The molecule has 2 heterocycles. The van der Waals surface area contributed by atoms with E-state index in [-0.39, 0.29) is 10.6 Å². The molecule has 1 saturated heterocycles. The van der Waals surface area contributed by atoms with Crippen LogP contribution in [-0.2, 0) is 9.59 Å². The van der Waals surface area contributed by atoms with Gasteiger partial charge in [0.25, 0.3) is 11.4 Å². The number of hydrogen-bond donors (Lipinski definition) is 1. The van der Waals surface area contributed by atoms with Gasteiger partial charge in [0.15, 0.2) is 18.6 Å². The molecule has 2 aromatic rings. The minimum atomic E-state index is -4.40. The van der Waals surface area contributed by atoms with Crippen LogP contribution in [0.1, 0.15) is 56.9 Å². The van der Waals surface area contributed by atoms with Crippen molar-refractivity contribution in [3.63, 3.8) is 0 Å². The van der Waals surface area contributed by atoms with Crippen LogP contribution in [-0.4, -0.2) is 68.7 Å². The number of benzene rings is 2. The first-order chi connectivity index (χ1) is 22.8. The van der Waals surface area contributed by atoms with Gasteiger partial charge < -0.3 is 20.1 Å². The molecule has 1 N–H and O–H groups in total. The smallest absolute Gasteiger partial charge is 0.324 e. The Morgan fingerprint density at radius 2 is 1.97 bits per heavy atom. The van der Waals surface area contributed by atoms with E-state index in [2.05, 4.69) is 0 Å². The van der Waals surface area contributed by atoms with E-state index in [1.807, 2.05) is 0 Å². The Morgan fingerprint density at radius 1 is 1.30 bits per heavy atom. The number of carbonyl (C=O) groups excluding carboxylic acids is 3. The van der Waals surface area contributed by atoms with Crippen LogP contribution < -0.4 is 10.4 Å². The molecule has 0 aliphatic carbocycles. The number of likely N-dealkylation sites (tertiary alicyclic amines) is 1. The Labute approximate surface area is 237 Å². The lowest BCUT2D eigenvalue weighted by atomic mass is 9.92. The van der Waals surface area contributed by atoms with Crippen molar-refractivity contribution in [2.75, 3.05) is 24.8 Å². The van der Waals surface area contributed by atoms with Gasteiger partial charge >= 0.3 is 5.91 Å². The Kier molecular flexibility index (Phi) is 3.65. The van der Waals surface area contributed by atoms with Crippen molar-refractivity contribution in [2.45, 2.75) is 44.7 Å². The number of carboxylic acid groups (broad SMARTS) is 1. The number of rotatable bonds is 4. The van der Waals surface area contributed by atoms with Gasteiger partial charge in [-0.05, 0) is 63.5 Å². The molecular weight excluding hydrogens is 506 g/mol. The van der Waals surface area contributed by atoms with Crippen LogP contribution in [0.4, 0.5) is 19.3 Å². The highest BCUT2D eigenvalue weighted by molar-refractivity contribution is 6.44. The van der Waals surface area contributed by atoms with E-state index in [1.165, 1.54) is 32.9 Å². The number of nitrogens with zero attached hydrogens (tertiary/aromatic N) is 3. The Balaban J connectivity index is 2.26. The van der Waals surface area contributed by atoms with Crippen LogP contribution in [0.3, 0.4) is 0 Å². The van der Waals surface area contributed by atoms with Gasteiger partial charge in [0.05, 0.1) is 15.2 Å². The van der Waals surface area contributed by atoms with Crippen molar-refractivity contribution in [3.8, 4) is 0 Å². The summed E-state index contributed by atoms with van der Waals surface area (Å²) < 4.78 is 149. The zero-order valence-electron chi connectivity index (χ0n) is 33.4. The van der Waals surface area contributed by atoms with Crippen molar-refractivity contribution in [1.82, 2.24) is 9.80 Å². The molecule has 2 aromatic carbocycles. The van der Waals surface area contributed by atoms with E-state index in [9.17, 15) is 28.3 Å².